The van der Waals surface area contributed by atoms with E-state index >= 15 is 0 Å². The zero-order valence-corrected chi connectivity index (χ0v) is 19.3. The molecular formula is C23H35ClO6. The molecule has 0 amide bonds. The molecule has 0 aliphatic heterocycles. The van der Waals surface area contributed by atoms with E-state index in [9.17, 15) is 30.3 Å². The number of halogens is 1. The zero-order valence-electron chi connectivity index (χ0n) is 18.5. The second-order valence-corrected chi connectivity index (χ2v) is 9.44. The quantitative estimate of drug-likeness (QED) is 0.304. The Bertz CT molecular complexity index is 790. The fourth-order valence-electron chi connectivity index (χ4n) is 3.47. The van der Waals surface area contributed by atoms with Crippen molar-refractivity contribution in [2.75, 3.05) is 0 Å². The molecular weight excluding hydrogens is 408 g/mol. The average Bonchev–Trinajstić information content (AvgIpc) is 2.58. The van der Waals surface area contributed by atoms with E-state index in [1.165, 1.54) is 6.92 Å². The van der Waals surface area contributed by atoms with Crippen LogP contribution in [0.3, 0.4) is 0 Å². The molecule has 0 saturated heterocycles. The maximum Gasteiger partial charge on any atom is 0.339 e. The van der Waals surface area contributed by atoms with E-state index in [0.717, 1.165) is 18.4 Å². The summed E-state index contributed by atoms with van der Waals surface area (Å²) in [6.07, 6.45) is 6.03. The molecule has 1 unspecified atom stereocenters. The molecule has 0 saturated carbocycles. The van der Waals surface area contributed by atoms with Crippen molar-refractivity contribution in [2.24, 2.45) is 0 Å². The molecule has 1 atom stereocenters. The van der Waals surface area contributed by atoms with Crippen molar-refractivity contribution in [1.82, 2.24) is 0 Å². The molecule has 0 radical (unpaired) electrons. The van der Waals surface area contributed by atoms with E-state index in [1.807, 2.05) is 13.0 Å². The molecule has 1 aromatic carbocycles. The summed E-state index contributed by atoms with van der Waals surface area (Å²) < 4.78 is 0. The normalized spacial score (nSPS) is 14.6. The number of aromatic carboxylic acids is 1. The lowest BCUT2D eigenvalue weighted by Crippen LogP contribution is -2.26. The average molecular weight is 443 g/mol. The third-order valence-corrected chi connectivity index (χ3v) is 5.84. The molecule has 0 bridgehead atoms. The smallest absolute Gasteiger partial charge is 0.339 e. The number of carboxylic acids is 1. The monoisotopic (exact) mass is 442 g/mol. The molecule has 0 aliphatic rings. The van der Waals surface area contributed by atoms with Crippen molar-refractivity contribution in [1.29, 1.82) is 0 Å². The summed E-state index contributed by atoms with van der Waals surface area (Å²) in [4.78, 5) is 11.4. The number of benzene rings is 1. The van der Waals surface area contributed by atoms with Gasteiger partial charge in [-0.25, -0.2) is 4.79 Å². The predicted molar refractivity (Wildman–Crippen MR) is 119 cm³/mol. The summed E-state index contributed by atoms with van der Waals surface area (Å²) >= 11 is 6.03. The van der Waals surface area contributed by atoms with E-state index in [0.29, 0.717) is 25.7 Å². The topological polar surface area (TPSA) is 118 Å². The fraction of sp³-hybridized carbons (Fsp3) is 0.609. The number of aliphatic hydroxyl groups is 2. The highest BCUT2D eigenvalue weighted by Crippen LogP contribution is 2.41. The number of phenolic OH excluding ortho intramolecular Hbond substituents is 1. The second kappa shape index (κ2) is 10.5. The van der Waals surface area contributed by atoms with Crippen LogP contribution in [0.4, 0.5) is 0 Å². The lowest BCUT2D eigenvalue weighted by molar-refractivity contribution is 0.0226. The lowest BCUT2D eigenvalue weighted by atomic mass is 9.89. The molecule has 30 heavy (non-hydrogen) atoms. The number of phenols is 2. The zero-order chi connectivity index (χ0) is 23.3. The Balaban J connectivity index is 2.72. The summed E-state index contributed by atoms with van der Waals surface area (Å²) in [5, 5.41) is 50.0. The van der Waals surface area contributed by atoms with Gasteiger partial charge in [-0.2, -0.15) is 0 Å². The highest BCUT2D eigenvalue weighted by molar-refractivity contribution is 6.33. The van der Waals surface area contributed by atoms with Crippen molar-refractivity contribution in [3.63, 3.8) is 0 Å². The first-order chi connectivity index (χ1) is 13.7. The van der Waals surface area contributed by atoms with Gasteiger partial charge in [0.15, 0.2) is 0 Å². The van der Waals surface area contributed by atoms with Crippen LogP contribution in [0.1, 0.15) is 87.7 Å². The number of carbonyl (C=O) groups is 1. The SMILES string of the molecule is CC(=CCc1c(O)c(Cl)c(C)c(C(=O)O)c1O)CCCC(C)(O)CCCC(C)(C)O. The third kappa shape index (κ3) is 7.82. The summed E-state index contributed by atoms with van der Waals surface area (Å²) in [5.41, 5.74) is -0.638. The maximum absolute atomic E-state index is 11.4. The van der Waals surface area contributed by atoms with Crippen molar-refractivity contribution in [2.45, 2.75) is 90.8 Å². The Kier molecular flexibility index (Phi) is 9.21. The first kappa shape index (κ1) is 26.3. The Morgan fingerprint density at radius 3 is 2.13 bits per heavy atom. The molecule has 0 spiro atoms. The Morgan fingerprint density at radius 1 is 1.03 bits per heavy atom. The van der Waals surface area contributed by atoms with Gasteiger partial charge in [-0.05, 0) is 85.1 Å². The molecule has 1 rings (SSSR count). The molecule has 170 valence electrons. The maximum atomic E-state index is 11.4. The summed E-state index contributed by atoms with van der Waals surface area (Å²) in [7, 11) is 0. The van der Waals surface area contributed by atoms with Crippen LogP contribution in [0.2, 0.25) is 5.02 Å². The first-order valence-corrected chi connectivity index (χ1v) is 10.6. The van der Waals surface area contributed by atoms with Gasteiger partial charge in [-0.15, -0.1) is 0 Å². The molecule has 0 heterocycles. The molecule has 7 heteroatoms. The summed E-state index contributed by atoms with van der Waals surface area (Å²) in [5.74, 6) is -2.09. The van der Waals surface area contributed by atoms with Gasteiger partial charge in [0.1, 0.15) is 17.1 Å². The van der Waals surface area contributed by atoms with Gasteiger partial charge in [0, 0.05) is 5.56 Å². The Labute approximate surface area is 183 Å². The number of hydrogen-bond donors (Lipinski definition) is 5. The number of allylic oxidation sites excluding steroid dienone is 2. The molecule has 0 aliphatic carbocycles. The van der Waals surface area contributed by atoms with Gasteiger partial charge in [0.2, 0.25) is 0 Å². The van der Waals surface area contributed by atoms with E-state index in [4.69, 9.17) is 11.6 Å². The molecule has 6 nitrogen and oxygen atoms in total. The van der Waals surface area contributed by atoms with Crippen molar-refractivity contribution < 1.29 is 30.3 Å². The lowest BCUT2D eigenvalue weighted by Gasteiger charge is -2.25. The minimum Gasteiger partial charge on any atom is -0.507 e. The summed E-state index contributed by atoms with van der Waals surface area (Å²) in [6.45, 7) is 8.65. The molecule has 1 aromatic rings. The number of aromatic hydroxyl groups is 2. The van der Waals surface area contributed by atoms with Gasteiger partial charge in [0.25, 0.3) is 0 Å². The number of hydrogen-bond acceptors (Lipinski definition) is 5. The molecule has 0 aromatic heterocycles. The minimum absolute atomic E-state index is 0.0756. The van der Waals surface area contributed by atoms with Crippen molar-refractivity contribution >= 4 is 17.6 Å². The second-order valence-electron chi connectivity index (χ2n) is 9.07. The minimum atomic E-state index is -1.30. The van der Waals surface area contributed by atoms with Crippen LogP contribution in [0.25, 0.3) is 0 Å². The van der Waals surface area contributed by atoms with E-state index < -0.39 is 22.9 Å². The highest BCUT2D eigenvalue weighted by Gasteiger charge is 2.24. The Morgan fingerprint density at radius 2 is 1.60 bits per heavy atom. The van der Waals surface area contributed by atoms with Crippen LogP contribution < -0.4 is 0 Å². The third-order valence-electron chi connectivity index (χ3n) is 5.38. The van der Waals surface area contributed by atoms with E-state index in [-0.39, 0.29) is 33.9 Å². The van der Waals surface area contributed by atoms with Gasteiger partial charge in [-0.1, -0.05) is 23.3 Å². The summed E-state index contributed by atoms with van der Waals surface area (Å²) in [6, 6.07) is 0. The molecule has 5 N–H and O–H groups in total. The van der Waals surface area contributed by atoms with Crippen LogP contribution in [-0.4, -0.2) is 42.7 Å². The number of rotatable bonds is 11. The van der Waals surface area contributed by atoms with Crippen LogP contribution in [-0.2, 0) is 6.42 Å². The fourth-order valence-corrected chi connectivity index (χ4v) is 3.68. The van der Waals surface area contributed by atoms with Crippen molar-refractivity contribution in [3.8, 4) is 11.5 Å². The van der Waals surface area contributed by atoms with Gasteiger partial charge < -0.3 is 25.5 Å². The van der Waals surface area contributed by atoms with Gasteiger partial charge in [-0.3, -0.25) is 0 Å². The van der Waals surface area contributed by atoms with E-state index in [2.05, 4.69) is 0 Å². The standard InChI is InChI=1S/C23H35ClO6/c1-14(8-6-12-23(5,30)13-7-11-22(3,4)29)9-10-16-19(25)17(21(27)28)15(2)18(24)20(16)26/h9,25-26,29-30H,6-8,10-13H2,1-5H3,(H,27,28). The van der Waals surface area contributed by atoms with Crippen LogP contribution in [0.5, 0.6) is 11.5 Å². The van der Waals surface area contributed by atoms with E-state index in [1.54, 1.807) is 20.8 Å². The molecule has 0 fully saturated rings. The first-order valence-electron chi connectivity index (χ1n) is 10.2. The van der Waals surface area contributed by atoms with Crippen LogP contribution >= 0.6 is 11.6 Å². The van der Waals surface area contributed by atoms with Crippen molar-refractivity contribution in [3.05, 3.63) is 33.4 Å². The van der Waals surface area contributed by atoms with Gasteiger partial charge >= 0.3 is 5.97 Å². The highest BCUT2D eigenvalue weighted by atomic mass is 35.5. The Hall–Kier alpha value is -1.76. The largest absolute Gasteiger partial charge is 0.507 e. The van der Waals surface area contributed by atoms with Crippen LogP contribution in [0.15, 0.2) is 11.6 Å². The van der Waals surface area contributed by atoms with Gasteiger partial charge in [0.05, 0.1) is 16.2 Å². The number of carboxylic acid groups (broad SMARTS) is 1. The predicted octanol–water partition coefficient (Wildman–Crippen LogP) is 5.11. The van der Waals surface area contributed by atoms with Crippen LogP contribution in [0, 0.1) is 6.92 Å².